The highest BCUT2D eigenvalue weighted by atomic mass is 32.1. The third-order valence-electron chi connectivity index (χ3n) is 3.69. The van der Waals surface area contributed by atoms with Gasteiger partial charge in [-0.2, -0.15) is 0 Å². The van der Waals surface area contributed by atoms with Gasteiger partial charge in [0.05, 0.1) is 6.61 Å². The zero-order chi connectivity index (χ0) is 13.1. The Labute approximate surface area is 118 Å². The highest BCUT2D eigenvalue weighted by Crippen LogP contribution is 2.36. The van der Waals surface area contributed by atoms with Gasteiger partial charge in [-0.25, -0.2) is 0 Å². The number of hydrogen-bond acceptors (Lipinski definition) is 3. The van der Waals surface area contributed by atoms with E-state index in [1.807, 2.05) is 17.4 Å². The molecule has 1 aliphatic heterocycles. The maximum Gasteiger partial charge on any atom is 0.122 e. The first-order valence-electron chi connectivity index (χ1n) is 6.86. The van der Waals surface area contributed by atoms with Crippen LogP contribution >= 0.6 is 11.3 Å². The molecule has 2 aromatic rings. The second-order valence-electron chi connectivity index (χ2n) is 4.90. The van der Waals surface area contributed by atoms with Crippen LogP contribution in [0.4, 0.5) is 0 Å². The van der Waals surface area contributed by atoms with Gasteiger partial charge in [-0.3, -0.25) is 0 Å². The predicted molar refractivity (Wildman–Crippen MR) is 80.2 cm³/mol. The lowest BCUT2D eigenvalue weighted by Gasteiger charge is -2.23. The number of rotatable bonds is 5. The van der Waals surface area contributed by atoms with Gasteiger partial charge in [0.2, 0.25) is 0 Å². The van der Waals surface area contributed by atoms with Crippen LogP contribution < -0.4 is 10.1 Å². The van der Waals surface area contributed by atoms with Crippen molar-refractivity contribution in [1.82, 2.24) is 5.32 Å². The van der Waals surface area contributed by atoms with Gasteiger partial charge in [0.15, 0.2) is 0 Å². The lowest BCUT2D eigenvalue weighted by Crippen LogP contribution is -2.37. The second kappa shape index (κ2) is 5.76. The number of nitrogens with one attached hydrogen (secondary N) is 1. The zero-order valence-electron chi connectivity index (χ0n) is 11.1. The van der Waals surface area contributed by atoms with Crippen molar-refractivity contribution in [3.8, 4) is 5.75 Å². The SMILES string of the molecule is CCNC(Cc1cccs1)C1COc2ccccc21. The second-order valence-corrected chi connectivity index (χ2v) is 5.94. The summed E-state index contributed by atoms with van der Waals surface area (Å²) in [5, 5.41) is 5.78. The molecule has 1 aromatic heterocycles. The maximum absolute atomic E-state index is 5.82. The smallest absolute Gasteiger partial charge is 0.122 e. The minimum Gasteiger partial charge on any atom is -0.493 e. The van der Waals surface area contributed by atoms with E-state index in [4.69, 9.17) is 4.74 Å². The third-order valence-corrected chi connectivity index (χ3v) is 4.59. The molecule has 3 rings (SSSR count). The van der Waals surface area contributed by atoms with Crippen molar-refractivity contribution >= 4 is 11.3 Å². The van der Waals surface area contributed by atoms with Crippen LogP contribution in [0.2, 0.25) is 0 Å². The Morgan fingerprint density at radius 3 is 3.00 bits per heavy atom. The Morgan fingerprint density at radius 1 is 1.32 bits per heavy atom. The fourth-order valence-electron chi connectivity index (χ4n) is 2.78. The Hall–Kier alpha value is -1.32. The molecule has 1 aromatic carbocycles. The fraction of sp³-hybridized carbons (Fsp3) is 0.375. The number of benzene rings is 1. The molecule has 2 nitrogen and oxygen atoms in total. The molecule has 0 saturated heterocycles. The molecule has 0 radical (unpaired) electrons. The molecule has 0 aliphatic carbocycles. The molecule has 0 saturated carbocycles. The lowest BCUT2D eigenvalue weighted by molar-refractivity contribution is 0.298. The topological polar surface area (TPSA) is 21.3 Å². The van der Waals surface area contributed by atoms with Crippen LogP contribution in [0.5, 0.6) is 5.75 Å². The highest BCUT2D eigenvalue weighted by Gasteiger charge is 2.30. The fourth-order valence-corrected chi connectivity index (χ4v) is 3.55. The molecular formula is C16H19NOS. The quantitative estimate of drug-likeness (QED) is 0.901. The van der Waals surface area contributed by atoms with E-state index in [1.165, 1.54) is 10.4 Å². The zero-order valence-corrected chi connectivity index (χ0v) is 12.0. The third kappa shape index (κ3) is 2.67. The van der Waals surface area contributed by atoms with Gasteiger partial charge >= 0.3 is 0 Å². The minimum atomic E-state index is 0.451. The van der Waals surface area contributed by atoms with Crippen LogP contribution in [0.25, 0.3) is 0 Å². The molecule has 2 unspecified atom stereocenters. The Balaban J connectivity index is 1.81. The highest BCUT2D eigenvalue weighted by molar-refractivity contribution is 7.09. The summed E-state index contributed by atoms with van der Waals surface area (Å²) in [5.74, 6) is 1.51. The summed E-state index contributed by atoms with van der Waals surface area (Å²) >= 11 is 1.84. The first-order chi connectivity index (χ1) is 9.38. The van der Waals surface area contributed by atoms with E-state index in [-0.39, 0.29) is 0 Å². The van der Waals surface area contributed by atoms with Crippen molar-refractivity contribution in [3.05, 3.63) is 52.2 Å². The molecule has 100 valence electrons. The summed E-state index contributed by atoms with van der Waals surface area (Å²) in [6.07, 6.45) is 1.08. The van der Waals surface area contributed by atoms with E-state index in [1.54, 1.807) is 0 Å². The average Bonchev–Trinajstić information content (AvgIpc) is 3.07. The van der Waals surface area contributed by atoms with E-state index >= 15 is 0 Å². The molecule has 1 N–H and O–H groups in total. The summed E-state index contributed by atoms with van der Waals surface area (Å²) in [5.41, 5.74) is 1.35. The molecular weight excluding hydrogens is 254 g/mol. The summed E-state index contributed by atoms with van der Waals surface area (Å²) < 4.78 is 5.82. The molecule has 0 fully saturated rings. The number of ether oxygens (including phenoxy) is 1. The average molecular weight is 273 g/mol. The largest absolute Gasteiger partial charge is 0.493 e. The van der Waals surface area contributed by atoms with Gasteiger partial charge in [0, 0.05) is 22.4 Å². The Morgan fingerprint density at radius 2 is 2.21 bits per heavy atom. The van der Waals surface area contributed by atoms with Gasteiger partial charge in [-0.15, -0.1) is 11.3 Å². The van der Waals surface area contributed by atoms with Gasteiger partial charge in [-0.1, -0.05) is 31.2 Å². The summed E-state index contributed by atoms with van der Waals surface area (Å²) in [6.45, 7) is 3.96. The standard InChI is InChI=1S/C16H19NOS/c1-2-17-15(10-12-6-5-9-19-12)14-11-18-16-8-4-3-7-13(14)16/h3-9,14-15,17H,2,10-11H2,1H3. The van der Waals surface area contributed by atoms with E-state index in [9.17, 15) is 0 Å². The van der Waals surface area contributed by atoms with Crippen LogP contribution in [-0.2, 0) is 6.42 Å². The van der Waals surface area contributed by atoms with Gasteiger partial charge in [0.25, 0.3) is 0 Å². The number of para-hydroxylation sites is 1. The van der Waals surface area contributed by atoms with E-state index in [0.29, 0.717) is 12.0 Å². The van der Waals surface area contributed by atoms with Gasteiger partial charge < -0.3 is 10.1 Å². The predicted octanol–water partition coefficient (Wildman–Crippen LogP) is 3.44. The van der Waals surface area contributed by atoms with Gasteiger partial charge in [0.1, 0.15) is 5.75 Å². The van der Waals surface area contributed by atoms with Crippen LogP contribution in [0.3, 0.4) is 0 Å². The van der Waals surface area contributed by atoms with Crippen LogP contribution in [0.1, 0.15) is 23.3 Å². The van der Waals surface area contributed by atoms with Crippen molar-refractivity contribution in [2.75, 3.05) is 13.2 Å². The van der Waals surface area contributed by atoms with Crippen molar-refractivity contribution in [1.29, 1.82) is 0 Å². The Bertz CT molecular complexity index is 523. The van der Waals surface area contributed by atoms with Gasteiger partial charge in [-0.05, 0) is 30.5 Å². The summed E-state index contributed by atoms with van der Waals surface area (Å²) in [6, 6.07) is 13.2. The van der Waals surface area contributed by atoms with Crippen molar-refractivity contribution in [3.63, 3.8) is 0 Å². The maximum atomic E-state index is 5.82. The van der Waals surface area contributed by atoms with Crippen molar-refractivity contribution in [2.24, 2.45) is 0 Å². The molecule has 1 aliphatic rings. The van der Waals surface area contributed by atoms with Crippen molar-refractivity contribution in [2.45, 2.75) is 25.3 Å². The van der Waals surface area contributed by atoms with E-state index < -0.39 is 0 Å². The molecule has 2 atom stereocenters. The summed E-state index contributed by atoms with van der Waals surface area (Å²) in [4.78, 5) is 1.44. The number of hydrogen-bond donors (Lipinski definition) is 1. The van der Waals surface area contributed by atoms with Crippen LogP contribution in [-0.4, -0.2) is 19.2 Å². The molecule has 19 heavy (non-hydrogen) atoms. The first kappa shape index (κ1) is 12.7. The summed E-state index contributed by atoms with van der Waals surface area (Å²) in [7, 11) is 0. The molecule has 2 heterocycles. The molecule has 0 spiro atoms. The molecule has 3 heteroatoms. The van der Waals surface area contributed by atoms with Crippen LogP contribution in [0.15, 0.2) is 41.8 Å². The van der Waals surface area contributed by atoms with E-state index in [0.717, 1.165) is 25.3 Å². The van der Waals surface area contributed by atoms with Crippen molar-refractivity contribution < 1.29 is 4.74 Å². The number of likely N-dealkylation sites (N-methyl/N-ethyl adjacent to an activating group) is 1. The molecule has 0 amide bonds. The monoisotopic (exact) mass is 273 g/mol. The minimum absolute atomic E-state index is 0.451. The number of thiophene rings is 1. The first-order valence-corrected chi connectivity index (χ1v) is 7.74. The lowest BCUT2D eigenvalue weighted by atomic mass is 9.91. The molecule has 0 bridgehead atoms. The van der Waals surface area contributed by atoms with Crippen LogP contribution in [0, 0.1) is 0 Å². The normalized spacial score (nSPS) is 18.9. The van der Waals surface area contributed by atoms with E-state index in [2.05, 4.69) is 48.0 Å². The number of fused-ring (bicyclic) bond motifs is 1. The Kier molecular flexibility index (Phi) is 3.85.